The number of nitrogens with one attached hydrogen (secondary N) is 1. The predicted molar refractivity (Wildman–Crippen MR) is 42.0 cm³/mol. The molecule has 2 nitrogen and oxygen atoms in total. The van der Waals surface area contributed by atoms with Gasteiger partial charge in [-0.25, -0.2) is 0 Å². The molecule has 60 valence electrons. The fraction of sp³-hybridized carbons (Fsp3) is 1.00. The summed E-state index contributed by atoms with van der Waals surface area (Å²) in [6, 6.07) is 0. The molecule has 0 aromatic carbocycles. The van der Waals surface area contributed by atoms with Gasteiger partial charge in [0.05, 0.1) is 6.61 Å². The number of hydrogen-bond acceptors (Lipinski definition) is 2. The molecule has 0 spiro atoms. The molecule has 1 saturated heterocycles. The van der Waals surface area contributed by atoms with Gasteiger partial charge in [0.15, 0.2) is 0 Å². The Morgan fingerprint density at radius 2 is 2.30 bits per heavy atom. The summed E-state index contributed by atoms with van der Waals surface area (Å²) >= 11 is 0. The molecule has 0 aromatic rings. The van der Waals surface area contributed by atoms with Crippen LogP contribution in [0.25, 0.3) is 0 Å². The zero-order valence-corrected chi connectivity index (χ0v) is 6.89. The Kier molecular flexibility index (Phi) is 3.16. The quantitative estimate of drug-likeness (QED) is 0.633. The van der Waals surface area contributed by atoms with Crippen LogP contribution in [0.3, 0.4) is 0 Å². The first kappa shape index (κ1) is 8.02. The standard InChI is InChI=1S/C8H17NO/c1-3-9-4-8-6-10-5-7(8)2/h7-9H,3-6H2,1-2H3. The number of rotatable bonds is 3. The van der Waals surface area contributed by atoms with Gasteiger partial charge in [0.2, 0.25) is 0 Å². The summed E-state index contributed by atoms with van der Waals surface area (Å²) in [5.74, 6) is 1.50. The maximum absolute atomic E-state index is 5.33. The van der Waals surface area contributed by atoms with Crippen molar-refractivity contribution in [1.29, 1.82) is 0 Å². The normalized spacial score (nSPS) is 33.0. The number of ether oxygens (including phenoxy) is 1. The monoisotopic (exact) mass is 143 g/mol. The van der Waals surface area contributed by atoms with E-state index in [9.17, 15) is 0 Å². The third-order valence-corrected chi connectivity index (χ3v) is 2.17. The Balaban J connectivity index is 2.14. The minimum Gasteiger partial charge on any atom is -0.381 e. The summed E-state index contributed by atoms with van der Waals surface area (Å²) in [4.78, 5) is 0. The average molecular weight is 143 g/mol. The summed E-state index contributed by atoms with van der Waals surface area (Å²) in [6.07, 6.45) is 0. The van der Waals surface area contributed by atoms with Crippen LogP contribution in [0.2, 0.25) is 0 Å². The summed E-state index contributed by atoms with van der Waals surface area (Å²) in [5.41, 5.74) is 0. The highest BCUT2D eigenvalue weighted by molar-refractivity contribution is 4.72. The lowest BCUT2D eigenvalue weighted by atomic mass is 9.98. The minimum atomic E-state index is 0.749. The maximum Gasteiger partial charge on any atom is 0.0509 e. The Bertz CT molecular complexity index is 95.3. The van der Waals surface area contributed by atoms with Gasteiger partial charge in [-0.1, -0.05) is 13.8 Å². The molecular formula is C8H17NO. The fourth-order valence-corrected chi connectivity index (χ4v) is 1.30. The van der Waals surface area contributed by atoms with Crippen LogP contribution in [0.1, 0.15) is 13.8 Å². The van der Waals surface area contributed by atoms with Crippen molar-refractivity contribution in [3.63, 3.8) is 0 Å². The molecule has 1 N–H and O–H groups in total. The van der Waals surface area contributed by atoms with Crippen molar-refractivity contribution in [3.8, 4) is 0 Å². The molecule has 1 rings (SSSR count). The average Bonchev–Trinajstić information content (AvgIpc) is 2.31. The van der Waals surface area contributed by atoms with Crippen molar-refractivity contribution < 1.29 is 4.74 Å². The lowest BCUT2D eigenvalue weighted by Gasteiger charge is -2.12. The molecule has 10 heavy (non-hydrogen) atoms. The van der Waals surface area contributed by atoms with Crippen molar-refractivity contribution in [1.82, 2.24) is 5.32 Å². The van der Waals surface area contributed by atoms with Gasteiger partial charge in [0, 0.05) is 13.2 Å². The van der Waals surface area contributed by atoms with Crippen molar-refractivity contribution in [2.24, 2.45) is 11.8 Å². The Morgan fingerprint density at radius 3 is 2.80 bits per heavy atom. The second kappa shape index (κ2) is 3.94. The Labute approximate surface area is 63.0 Å². The molecule has 1 heterocycles. The van der Waals surface area contributed by atoms with Crippen LogP contribution >= 0.6 is 0 Å². The molecule has 0 bridgehead atoms. The van der Waals surface area contributed by atoms with E-state index in [4.69, 9.17) is 4.74 Å². The van der Waals surface area contributed by atoms with Crippen LogP contribution in [-0.2, 0) is 4.74 Å². The van der Waals surface area contributed by atoms with Crippen LogP contribution in [0.5, 0.6) is 0 Å². The van der Waals surface area contributed by atoms with E-state index in [-0.39, 0.29) is 0 Å². The van der Waals surface area contributed by atoms with Crippen molar-refractivity contribution in [2.45, 2.75) is 13.8 Å². The second-order valence-electron chi connectivity index (χ2n) is 3.08. The molecule has 0 radical (unpaired) electrons. The largest absolute Gasteiger partial charge is 0.381 e. The third kappa shape index (κ3) is 1.96. The molecular weight excluding hydrogens is 126 g/mol. The van der Waals surface area contributed by atoms with E-state index in [1.807, 2.05) is 0 Å². The first-order valence-electron chi connectivity index (χ1n) is 4.13. The summed E-state index contributed by atoms with van der Waals surface area (Å²) < 4.78 is 5.33. The molecule has 2 atom stereocenters. The summed E-state index contributed by atoms with van der Waals surface area (Å²) in [5, 5.41) is 3.34. The summed E-state index contributed by atoms with van der Waals surface area (Å²) in [7, 11) is 0. The van der Waals surface area contributed by atoms with Crippen LogP contribution < -0.4 is 5.32 Å². The van der Waals surface area contributed by atoms with Gasteiger partial charge in [-0.3, -0.25) is 0 Å². The third-order valence-electron chi connectivity index (χ3n) is 2.17. The van der Waals surface area contributed by atoms with Gasteiger partial charge in [-0.15, -0.1) is 0 Å². The summed E-state index contributed by atoms with van der Waals surface area (Å²) in [6.45, 7) is 8.50. The van der Waals surface area contributed by atoms with Crippen molar-refractivity contribution >= 4 is 0 Å². The topological polar surface area (TPSA) is 21.3 Å². The lowest BCUT2D eigenvalue weighted by Crippen LogP contribution is -2.26. The van der Waals surface area contributed by atoms with Gasteiger partial charge >= 0.3 is 0 Å². The maximum atomic E-state index is 5.33. The van der Waals surface area contributed by atoms with Gasteiger partial charge < -0.3 is 10.1 Å². The Morgan fingerprint density at radius 1 is 1.50 bits per heavy atom. The lowest BCUT2D eigenvalue weighted by molar-refractivity contribution is 0.181. The molecule has 1 fully saturated rings. The zero-order chi connectivity index (χ0) is 7.40. The number of hydrogen-bond donors (Lipinski definition) is 1. The molecule has 1 aliphatic heterocycles. The van der Waals surface area contributed by atoms with Crippen LogP contribution in [0, 0.1) is 11.8 Å². The molecule has 0 saturated carbocycles. The first-order chi connectivity index (χ1) is 4.84. The second-order valence-corrected chi connectivity index (χ2v) is 3.08. The minimum absolute atomic E-state index is 0.749. The fourth-order valence-electron chi connectivity index (χ4n) is 1.30. The van der Waals surface area contributed by atoms with Gasteiger partial charge in [0.1, 0.15) is 0 Å². The molecule has 0 aliphatic carbocycles. The van der Waals surface area contributed by atoms with E-state index in [2.05, 4.69) is 19.2 Å². The highest BCUT2D eigenvalue weighted by Crippen LogP contribution is 2.18. The zero-order valence-electron chi connectivity index (χ0n) is 6.89. The highest BCUT2D eigenvalue weighted by atomic mass is 16.5. The first-order valence-corrected chi connectivity index (χ1v) is 4.13. The SMILES string of the molecule is CCNCC1COCC1C. The van der Waals surface area contributed by atoms with Crippen LogP contribution in [0.15, 0.2) is 0 Å². The molecule has 2 heteroatoms. The molecule has 1 aliphatic rings. The van der Waals surface area contributed by atoms with Gasteiger partial charge in [0.25, 0.3) is 0 Å². The predicted octanol–water partition coefficient (Wildman–Crippen LogP) is 0.878. The molecule has 0 amide bonds. The van der Waals surface area contributed by atoms with E-state index in [1.165, 1.54) is 0 Å². The van der Waals surface area contributed by atoms with E-state index in [1.54, 1.807) is 0 Å². The Hall–Kier alpha value is -0.0800. The van der Waals surface area contributed by atoms with Crippen molar-refractivity contribution in [2.75, 3.05) is 26.3 Å². The van der Waals surface area contributed by atoms with Gasteiger partial charge in [-0.05, 0) is 18.4 Å². The van der Waals surface area contributed by atoms with Gasteiger partial charge in [-0.2, -0.15) is 0 Å². The van der Waals surface area contributed by atoms with Crippen LogP contribution in [-0.4, -0.2) is 26.3 Å². The van der Waals surface area contributed by atoms with Crippen LogP contribution in [0.4, 0.5) is 0 Å². The van der Waals surface area contributed by atoms with E-state index in [0.29, 0.717) is 0 Å². The molecule has 0 aromatic heterocycles. The van der Waals surface area contributed by atoms with E-state index >= 15 is 0 Å². The molecule has 2 unspecified atom stereocenters. The van der Waals surface area contributed by atoms with E-state index in [0.717, 1.165) is 38.1 Å². The highest BCUT2D eigenvalue weighted by Gasteiger charge is 2.22. The van der Waals surface area contributed by atoms with Crippen molar-refractivity contribution in [3.05, 3.63) is 0 Å². The van der Waals surface area contributed by atoms with E-state index < -0.39 is 0 Å². The smallest absolute Gasteiger partial charge is 0.0509 e.